The lowest BCUT2D eigenvalue weighted by atomic mass is 10.5. The number of rotatable bonds is 10. The fourth-order valence-corrected chi connectivity index (χ4v) is 2.11. The first-order chi connectivity index (χ1) is 9.93. The number of nitrogens with zero attached hydrogens (tertiary/aromatic N) is 1. The van der Waals surface area contributed by atoms with Crippen molar-refractivity contribution >= 4 is 21.7 Å². The van der Waals surface area contributed by atoms with Crippen molar-refractivity contribution in [3.05, 3.63) is 11.8 Å². The molecule has 0 atom stereocenters. The van der Waals surface area contributed by atoms with E-state index in [4.69, 9.17) is 14.0 Å². The smallest absolute Gasteiger partial charge is 0.240 e. The zero-order valence-electron chi connectivity index (χ0n) is 11.9. The van der Waals surface area contributed by atoms with E-state index in [0.717, 1.165) is 0 Å². The Hall–Kier alpha value is -1.49. The van der Waals surface area contributed by atoms with Crippen LogP contribution in [-0.4, -0.2) is 58.7 Å². The summed E-state index contributed by atoms with van der Waals surface area (Å²) in [5, 5.41) is 5.96. The Labute approximate surface area is 123 Å². The summed E-state index contributed by atoms with van der Waals surface area (Å²) in [7, 11) is -2.05. The van der Waals surface area contributed by atoms with Crippen LogP contribution in [0.15, 0.2) is 10.6 Å². The van der Waals surface area contributed by atoms with Crippen LogP contribution in [0.3, 0.4) is 0 Å². The first kappa shape index (κ1) is 17.6. The van der Waals surface area contributed by atoms with Crippen molar-refractivity contribution in [2.75, 3.05) is 44.5 Å². The molecule has 0 aliphatic carbocycles. The van der Waals surface area contributed by atoms with E-state index in [2.05, 4.69) is 15.2 Å². The molecule has 9 nitrogen and oxygen atoms in total. The van der Waals surface area contributed by atoms with Gasteiger partial charge in [0.2, 0.25) is 15.9 Å². The molecule has 0 aromatic carbocycles. The fourth-order valence-electron chi connectivity index (χ4n) is 1.27. The lowest BCUT2D eigenvalue weighted by Gasteiger charge is -2.07. The van der Waals surface area contributed by atoms with Gasteiger partial charge in [-0.25, -0.2) is 13.1 Å². The average Bonchev–Trinajstić information content (AvgIpc) is 2.82. The Balaban J connectivity index is 2.24. The second-order valence-electron chi connectivity index (χ2n) is 4.12. The van der Waals surface area contributed by atoms with Gasteiger partial charge in [-0.05, 0) is 6.92 Å². The highest BCUT2D eigenvalue weighted by atomic mass is 32.2. The van der Waals surface area contributed by atoms with Gasteiger partial charge in [0.15, 0.2) is 5.82 Å². The molecule has 10 heteroatoms. The molecule has 0 fully saturated rings. The second kappa shape index (κ2) is 8.72. The highest BCUT2D eigenvalue weighted by molar-refractivity contribution is 7.89. The fraction of sp³-hybridized carbons (Fsp3) is 0.636. The van der Waals surface area contributed by atoms with E-state index in [-0.39, 0.29) is 24.7 Å². The van der Waals surface area contributed by atoms with E-state index in [0.29, 0.717) is 19.0 Å². The van der Waals surface area contributed by atoms with Gasteiger partial charge in [-0.1, -0.05) is 5.16 Å². The van der Waals surface area contributed by atoms with E-state index >= 15 is 0 Å². The summed E-state index contributed by atoms with van der Waals surface area (Å²) in [5.41, 5.74) is 0. The Morgan fingerprint density at radius 3 is 2.76 bits per heavy atom. The van der Waals surface area contributed by atoms with E-state index in [1.807, 2.05) is 0 Å². The molecule has 2 N–H and O–H groups in total. The number of hydrogen-bond acceptors (Lipinski definition) is 7. The molecule has 1 heterocycles. The average molecular weight is 321 g/mol. The topological polar surface area (TPSA) is 120 Å². The highest BCUT2D eigenvalue weighted by Crippen LogP contribution is 2.06. The molecular formula is C11H19N3O6S. The number of hydrogen-bond donors (Lipinski definition) is 2. The number of methoxy groups -OCH3 is 1. The van der Waals surface area contributed by atoms with Crippen LogP contribution in [0.1, 0.15) is 5.76 Å². The summed E-state index contributed by atoms with van der Waals surface area (Å²) >= 11 is 0. The molecule has 21 heavy (non-hydrogen) atoms. The van der Waals surface area contributed by atoms with Gasteiger partial charge >= 0.3 is 0 Å². The Kier molecular flexibility index (Phi) is 7.29. The summed E-state index contributed by atoms with van der Waals surface area (Å²) in [6.45, 7) is 2.04. The highest BCUT2D eigenvalue weighted by Gasteiger charge is 2.13. The minimum Gasteiger partial charge on any atom is -0.382 e. The molecule has 1 rings (SSSR count). The lowest BCUT2D eigenvalue weighted by molar-refractivity contribution is -0.115. The first-order valence-electron chi connectivity index (χ1n) is 6.20. The molecular weight excluding hydrogens is 302 g/mol. The summed E-state index contributed by atoms with van der Waals surface area (Å²) in [4.78, 5) is 11.5. The first-order valence-corrected chi connectivity index (χ1v) is 7.85. The standard InChI is InChI=1S/C11H19N3O6S/c1-9-7-10(14-20-9)13-11(15)8-12-21(16,17)6-5-19-4-3-18-2/h7,12H,3-6,8H2,1-2H3,(H,13,14,15). The minimum atomic E-state index is -3.57. The summed E-state index contributed by atoms with van der Waals surface area (Å²) in [5.74, 6) is 0.0124. The SMILES string of the molecule is COCCOCCS(=O)(=O)NCC(=O)Nc1cc(C)on1. The number of aromatic nitrogens is 1. The van der Waals surface area contributed by atoms with Crippen LogP contribution in [0.25, 0.3) is 0 Å². The van der Waals surface area contributed by atoms with E-state index in [1.165, 1.54) is 13.2 Å². The Morgan fingerprint density at radius 1 is 1.38 bits per heavy atom. The molecule has 0 saturated heterocycles. The van der Waals surface area contributed by atoms with Gasteiger partial charge in [-0.3, -0.25) is 4.79 Å². The van der Waals surface area contributed by atoms with Crippen LogP contribution >= 0.6 is 0 Å². The summed E-state index contributed by atoms with van der Waals surface area (Å²) < 4.78 is 39.9. The molecule has 1 amide bonds. The van der Waals surface area contributed by atoms with Crippen LogP contribution in [-0.2, 0) is 24.3 Å². The third-order valence-electron chi connectivity index (χ3n) is 2.28. The number of carbonyl (C=O) groups excluding carboxylic acids is 1. The predicted octanol–water partition coefficient (Wildman–Crippen LogP) is -0.496. The molecule has 1 aromatic heterocycles. The zero-order valence-corrected chi connectivity index (χ0v) is 12.7. The van der Waals surface area contributed by atoms with Crippen LogP contribution in [0.4, 0.5) is 5.82 Å². The van der Waals surface area contributed by atoms with Crippen LogP contribution in [0.2, 0.25) is 0 Å². The molecule has 1 aromatic rings. The molecule has 0 bridgehead atoms. The van der Waals surface area contributed by atoms with Crippen LogP contribution in [0.5, 0.6) is 0 Å². The monoisotopic (exact) mass is 321 g/mol. The van der Waals surface area contributed by atoms with Gasteiger partial charge in [0.1, 0.15) is 5.76 Å². The second-order valence-corrected chi connectivity index (χ2v) is 6.04. The van der Waals surface area contributed by atoms with E-state index in [9.17, 15) is 13.2 Å². The molecule has 0 radical (unpaired) electrons. The minimum absolute atomic E-state index is 0.0305. The van der Waals surface area contributed by atoms with Gasteiger partial charge in [0.25, 0.3) is 0 Å². The maximum atomic E-state index is 11.6. The van der Waals surface area contributed by atoms with Crippen molar-refractivity contribution in [2.45, 2.75) is 6.92 Å². The molecule has 0 aliphatic heterocycles. The predicted molar refractivity (Wildman–Crippen MR) is 74.4 cm³/mol. The number of sulfonamides is 1. The van der Waals surface area contributed by atoms with Crippen LogP contribution in [0, 0.1) is 6.92 Å². The number of anilines is 1. The van der Waals surface area contributed by atoms with Crippen molar-refractivity contribution in [2.24, 2.45) is 0 Å². The number of ether oxygens (including phenoxy) is 2. The third-order valence-corrected chi connectivity index (χ3v) is 3.56. The molecule has 0 aliphatic rings. The van der Waals surface area contributed by atoms with Gasteiger partial charge in [-0.15, -0.1) is 0 Å². The molecule has 0 unspecified atom stereocenters. The lowest BCUT2D eigenvalue weighted by Crippen LogP contribution is -2.35. The Bertz CT molecular complexity index is 542. The Morgan fingerprint density at radius 2 is 2.14 bits per heavy atom. The number of aryl methyl sites for hydroxylation is 1. The molecule has 0 spiro atoms. The van der Waals surface area contributed by atoms with Crippen molar-refractivity contribution in [3.63, 3.8) is 0 Å². The van der Waals surface area contributed by atoms with Crippen molar-refractivity contribution in [1.29, 1.82) is 0 Å². The van der Waals surface area contributed by atoms with E-state index in [1.54, 1.807) is 6.92 Å². The number of amides is 1. The van der Waals surface area contributed by atoms with Gasteiger partial charge < -0.3 is 19.3 Å². The van der Waals surface area contributed by atoms with Gasteiger partial charge in [-0.2, -0.15) is 0 Å². The molecule has 0 saturated carbocycles. The third kappa shape index (κ3) is 7.75. The summed E-state index contributed by atoms with van der Waals surface area (Å²) in [6, 6.07) is 1.52. The maximum absolute atomic E-state index is 11.6. The maximum Gasteiger partial charge on any atom is 0.240 e. The van der Waals surface area contributed by atoms with Gasteiger partial charge in [0.05, 0.1) is 32.1 Å². The normalized spacial score (nSPS) is 11.5. The van der Waals surface area contributed by atoms with Crippen molar-refractivity contribution in [1.82, 2.24) is 9.88 Å². The quantitative estimate of drug-likeness (QED) is 0.558. The molecule has 120 valence electrons. The largest absolute Gasteiger partial charge is 0.382 e. The summed E-state index contributed by atoms with van der Waals surface area (Å²) in [6.07, 6.45) is 0. The van der Waals surface area contributed by atoms with Crippen LogP contribution < -0.4 is 10.0 Å². The van der Waals surface area contributed by atoms with Gasteiger partial charge in [0, 0.05) is 13.2 Å². The van der Waals surface area contributed by atoms with E-state index < -0.39 is 15.9 Å². The zero-order chi connectivity index (χ0) is 15.7. The number of nitrogens with one attached hydrogen (secondary N) is 2. The van der Waals surface area contributed by atoms with Crippen molar-refractivity contribution in [3.8, 4) is 0 Å². The number of carbonyl (C=O) groups is 1. The van der Waals surface area contributed by atoms with Crippen molar-refractivity contribution < 1.29 is 27.2 Å².